The highest BCUT2D eigenvalue weighted by atomic mass is 16.5. The summed E-state index contributed by atoms with van der Waals surface area (Å²) in [6.07, 6.45) is 3.50. The molecule has 5 heteroatoms. The molecule has 118 valence electrons. The van der Waals surface area contributed by atoms with E-state index in [0.717, 1.165) is 38.7 Å². The first kappa shape index (κ1) is 14.3. The molecule has 4 rings (SSSR count). The number of carbonyl (C=O) groups is 1. The van der Waals surface area contributed by atoms with E-state index in [1.807, 2.05) is 42.5 Å². The average molecular weight is 317 g/mol. The number of hydrogen-bond donors (Lipinski definition) is 2. The number of carbonyl (C=O) groups excluding carboxylic acids is 1. The summed E-state index contributed by atoms with van der Waals surface area (Å²) in [5.41, 5.74) is 9.58. The molecular formula is C19H15N3O2. The van der Waals surface area contributed by atoms with E-state index in [1.165, 1.54) is 0 Å². The molecule has 0 saturated heterocycles. The van der Waals surface area contributed by atoms with Gasteiger partial charge in [0.05, 0.1) is 18.2 Å². The normalized spacial score (nSPS) is 11.0. The van der Waals surface area contributed by atoms with Crippen LogP contribution in [0.1, 0.15) is 10.4 Å². The molecule has 0 aliphatic heterocycles. The van der Waals surface area contributed by atoms with Gasteiger partial charge in [0.1, 0.15) is 5.75 Å². The van der Waals surface area contributed by atoms with Crippen LogP contribution in [0.25, 0.3) is 32.9 Å². The summed E-state index contributed by atoms with van der Waals surface area (Å²) in [6.45, 7) is 0. The molecule has 2 aromatic heterocycles. The number of nitrogens with two attached hydrogens (primary N) is 1. The smallest absolute Gasteiger partial charge is 0.250 e. The molecule has 0 saturated carbocycles. The van der Waals surface area contributed by atoms with Gasteiger partial charge in [0.15, 0.2) is 0 Å². The number of rotatable bonds is 3. The van der Waals surface area contributed by atoms with Crippen molar-refractivity contribution in [3.05, 3.63) is 60.4 Å². The highest BCUT2D eigenvalue weighted by molar-refractivity contribution is 6.15. The molecule has 3 N–H and O–H groups in total. The number of pyridine rings is 1. The van der Waals surface area contributed by atoms with E-state index in [0.29, 0.717) is 5.56 Å². The van der Waals surface area contributed by atoms with Gasteiger partial charge in [-0.1, -0.05) is 12.1 Å². The third-order valence-corrected chi connectivity index (χ3v) is 4.18. The molecule has 0 bridgehead atoms. The maximum atomic E-state index is 12.0. The number of H-pyrrole nitrogens is 1. The first-order valence-electron chi connectivity index (χ1n) is 7.51. The minimum atomic E-state index is -0.468. The lowest BCUT2D eigenvalue weighted by Gasteiger charge is -2.08. The highest BCUT2D eigenvalue weighted by Crippen LogP contribution is 2.33. The van der Waals surface area contributed by atoms with Crippen molar-refractivity contribution in [3.63, 3.8) is 0 Å². The minimum Gasteiger partial charge on any atom is -0.497 e. The molecule has 5 nitrogen and oxygen atoms in total. The standard InChI is InChI=1S/C19H15N3O2/c1-24-13-4-2-3-11(7-13)12-8-14-16-10-21-6-5-17(16)22-18(14)15(9-12)19(20)23/h2-10,22H,1H3,(H2,20,23). The Hall–Kier alpha value is -3.34. The van der Waals surface area contributed by atoms with E-state index in [1.54, 1.807) is 19.5 Å². The summed E-state index contributed by atoms with van der Waals surface area (Å²) in [7, 11) is 1.63. The van der Waals surface area contributed by atoms with Crippen molar-refractivity contribution < 1.29 is 9.53 Å². The van der Waals surface area contributed by atoms with Gasteiger partial charge in [0, 0.05) is 28.7 Å². The Morgan fingerprint density at radius 2 is 2.00 bits per heavy atom. The fourth-order valence-electron chi connectivity index (χ4n) is 3.01. The van der Waals surface area contributed by atoms with E-state index in [2.05, 4.69) is 9.97 Å². The van der Waals surface area contributed by atoms with Gasteiger partial charge >= 0.3 is 0 Å². The Balaban J connectivity index is 2.06. The van der Waals surface area contributed by atoms with Gasteiger partial charge in [-0.25, -0.2) is 0 Å². The van der Waals surface area contributed by atoms with Gasteiger partial charge in [-0.05, 0) is 41.5 Å². The molecule has 0 aliphatic carbocycles. The van der Waals surface area contributed by atoms with Gasteiger partial charge in [0.25, 0.3) is 5.91 Å². The van der Waals surface area contributed by atoms with Crippen LogP contribution in [0.5, 0.6) is 5.75 Å². The van der Waals surface area contributed by atoms with Crippen molar-refractivity contribution in [2.75, 3.05) is 7.11 Å². The number of amides is 1. The van der Waals surface area contributed by atoms with Gasteiger partial charge < -0.3 is 15.5 Å². The molecular weight excluding hydrogens is 302 g/mol. The fraction of sp³-hybridized carbons (Fsp3) is 0.0526. The summed E-state index contributed by atoms with van der Waals surface area (Å²) < 4.78 is 5.29. The van der Waals surface area contributed by atoms with Crippen molar-refractivity contribution in [1.82, 2.24) is 9.97 Å². The number of methoxy groups -OCH3 is 1. The van der Waals surface area contributed by atoms with Crippen LogP contribution >= 0.6 is 0 Å². The first-order valence-corrected chi connectivity index (χ1v) is 7.51. The van der Waals surface area contributed by atoms with Crippen LogP contribution < -0.4 is 10.5 Å². The first-order chi connectivity index (χ1) is 11.7. The zero-order chi connectivity index (χ0) is 16.7. The Labute approximate surface area is 138 Å². The minimum absolute atomic E-state index is 0.460. The number of benzene rings is 2. The van der Waals surface area contributed by atoms with Crippen LogP contribution in [-0.4, -0.2) is 23.0 Å². The largest absolute Gasteiger partial charge is 0.497 e. The van der Waals surface area contributed by atoms with E-state index in [9.17, 15) is 4.79 Å². The van der Waals surface area contributed by atoms with Crippen LogP contribution in [-0.2, 0) is 0 Å². The molecule has 2 aromatic carbocycles. The van der Waals surface area contributed by atoms with Gasteiger partial charge in [-0.15, -0.1) is 0 Å². The number of aromatic amines is 1. The van der Waals surface area contributed by atoms with Crippen molar-refractivity contribution in [2.45, 2.75) is 0 Å². The molecule has 0 fully saturated rings. The quantitative estimate of drug-likeness (QED) is 0.607. The van der Waals surface area contributed by atoms with Crippen LogP contribution in [0.15, 0.2) is 54.9 Å². The van der Waals surface area contributed by atoms with Gasteiger partial charge in [-0.3, -0.25) is 9.78 Å². The number of primary amides is 1. The number of aromatic nitrogens is 2. The third kappa shape index (κ3) is 2.18. The van der Waals surface area contributed by atoms with Crippen molar-refractivity contribution >= 4 is 27.7 Å². The summed E-state index contributed by atoms with van der Waals surface area (Å²) in [6, 6.07) is 13.4. The Morgan fingerprint density at radius 3 is 2.79 bits per heavy atom. The summed E-state index contributed by atoms with van der Waals surface area (Å²) in [4.78, 5) is 19.4. The lowest BCUT2D eigenvalue weighted by atomic mass is 9.99. The Morgan fingerprint density at radius 1 is 1.12 bits per heavy atom. The second kappa shape index (κ2) is 5.38. The van der Waals surface area contributed by atoms with Gasteiger partial charge in [0.2, 0.25) is 0 Å². The molecule has 24 heavy (non-hydrogen) atoms. The van der Waals surface area contributed by atoms with E-state index in [4.69, 9.17) is 10.5 Å². The Bertz CT molecular complexity index is 1080. The zero-order valence-corrected chi connectivity index (χ0v) is 13.0. The summed E-state index contributed by atoms with van der Waals surface area (Å²) in [5, 5.41) is 1.88. The van der Waals surface area contributed by atoms with E-state index < -0.39 is 5.91 Å². The molecule has 0 unspecified atom stereocenters. The molecule has 1 amide bonds. The molecule has 0 radical (unpaired) electrons. The lowest BCUT2D eigenvalue weighted by molar-refractivity contribution is 0.100. The van der Waals surface area contributed by atoms with E-state index >= 15 is 0 Å². The zero-order valence-electron chi connectivity index (χ0n) is 13.0. The highest BCUT2D eigenvalue weighted by Gasteiger charge is 2.14. The summed E-state index contributed by atoms with van der Waals surface area (Å²) >= 11 is 0. The number of ether oxygens (including phenoxy) is 1. The van der Waals surface area contributed by atoms with Crippen molar-refractivity contribution in [2.24, 2.45) is 5.73 Å². The number of nitrogens with one attached hydrogen (secondary N) is 1. The molecule has 0 atom stereocenters. The average Bonchev–Trinajstić information content (AvgIpc) is 2.99. The van der Waals surface area contributed by atoms with Crippen LogP contribution in [0.4, 0.5) is 0 Å². The van der Waals surface area contributed by atoms with E-state index in [-0.39, 0.29) is 0 Å². The number of hydrogen-bond acceptors (Lipinski definition) is 3. The van der Waals surface area contributed by atoms with Crippen LogP contribution in [0, 0.1) is 0 Å². The Kier molecular flexibility index (Phi) is 3.20. The summed E-state index contributed by atoms with van der Waals surface area (Å²) in [5.74, 6) is 0.290. The predicted molar refractivity (Wildman–Crippen MR) is 94.1 cm³/mol. The monoisotopic (exact) mass is 317 g/mol. The van der Waals surface area contributed by atoms with Crippen LogP contribution in [0.3, 0.4) is 0 Å². The number of nitrogens with zero attached hydrogens (tertiary/aromatic N) is 1. The van der Waals surface area contributed by atoms with Crippen LogP contribution in [0.2, 0.25) is 0 Å². The fourth-order valence-corrected chi connectivity index (χ4v) is 3.01. The molecule has 0 spiro atoms. The lowest BCUT2D eigenvalue weighted by Crippen LogP contribution is -2.11. The molecule has 4 aromatic rings. The van der Waals surface area contributed by atoms with Gasteiger partial charge in [-0.2, -0.15) is 0 Å². The predicted octanol–water partition coefficient (Wildman–Crippen LogP) is 3.49. The number of fused-ring (bicyclic) bond motifs is 3. The maximum absolute atomic E-state index is 12.0. The second-order valence-electron chi connectivity index (χ2n) is 5.59. The topological polar surface area (TPSA) is 81.0 Å². The second-order valence-corrected chi connectivity index (χ2v) is 5.59. The molecule has 2 heterocycles. The van der Waals surface area contributed by atoms with Crippen molar-refractivity contribution in [1.29, 1.82) is 0 Å². The maximum Gasteiger partial charge on any atom is 0.250 e. The van der Waals surface area contributed by atoms with Crippen molar-refractivity contribution in [3.8, 4) is 16.9 Å². The molecule has 0 aliphatic rings. The third-order valence-electron chi connectivity index (χ3n) is 4.18. The SMILES string of the molecule is COc1cccc(-c2cc(C(N)=O)c3[nH]c4ccncc4c3c2)c1.